The van der Waals surface area contributed by atoms with Crippen LogP contribution in [0.3, 0.4) is 0 Å². The van der Waals surface area contributed by atoms with Crippen molar-refractivity contribution in [2.75, 3.05) is 4.90 Å². The topological polar surface area (TPSA) is 74.7 Å². The van der Waals surface area contributed by atoms with Crippen molar-refractivity contribution in [2.24, 2.45) is 11.8 Å². The number of carboxylic acid groups (broad SMARTS) is 1. The second kappa shape index (κ2) is 3.41. The van der Waals surface area contributed by atoms with Gasteiger partial charge in [-0.25, -0.2) is 9.69 Å². The van der Waals surface area contributed by atoms with E-state index in [9.17, 15) is 14.4 Å². The number of carboxylic acids is 1. The summed E-state index contributed by atoms with van der Waals surface area (Å²) in [5, 5.41) is 9.04. The summed E-state index contributed by atoms with van der Waals surface area (Å²) < 4.78 is 0. The Bertz CT molecular complexity index is 573. The van der Waals surface area contributed by atoms with Crippen molar-refractivity contribution < 1.29 is 19.5 Å². The summed E-state index contributed by atoms with van der Waals surface area (Å²) >= 11 is 0. The number of anilines is 1. The van der Waals surface area contributed by atoms with Gasteiger partial charge in [-0.05, 0) is 31.0 Å². The van der Waals surface area contributed by atoms with Crippen LogP contribution in [0.1, 0.15) is 22.3 Å². The Balaban J connectivity index is 2.08. The Morgan fingerprint density at radius 1 is 1.28 bits per heavy atom. The Kier molecular flexibility index (Phi) is 2.08. The first kappa shape index (κ1) is 11.0. The Labute approximate surface area is 103 Å². The van der Waals surface area contributed by atoms with Crippen molar-refractivity contribution in [2.45, 2.75) is 13.3 Å². The predicted molar refractivity (Wildman–Crippen MR) is 62.2 cm³/mol. The van der Waals surface area contributed by atoms with Crippen LogP contribution >= 0.6 is 0 Å². The van der Waals surface area contributed by atoms with Gasteiger partial charge in [0.25, 0.3) is 0 Å². The van der Waals surface area contributed by atoms with Crippen molar-refractivity contribution in [1.82, 2.24) is 0 Å². The lowest BCUT2D eigenvalue weighted by Crippen LogP contribution is -2.33. The fourth-order valence-electron chi connectivity index (χ4n) is 2.52. The maximum atomic E-state index is 11.9. The Morgan fingerprint density at radius 3 is 2.44 bits per heavy atom. The molecule has 0 aromatic heterocycles. The SMILES string of the molecule is Cc1c(C(=O)O)cccc1N1C(=O)C2CC2C1=O. The summed E-state index contributed by atoms with van der Waals surface area (Å²) in [5.74, 6) is -1.80. The van der Waals surface area contributed by atoms with Gasteiger partial charge in [0, 0.05) is 0 Å². The summed E-state index contributed by atoms with van der Waals surface area (Å²) in [4.78, 5) is 36.1. The lowest BCUT2D eigenvalue weighted by Gasteiger charge is -2.19. The average Bonchev–Trinajstić information content (AvgIpc) is 3.06. The quantitative estimate of drug-likeness (QED) is 0.794. The summed E-state index contributed by atoms with van der Waals surface area (Å²) in [6.45, 7) is 1.61. The molecule has 1 saturated heterocycles. The minimum atomic E-state index is -1.06. The zero-order valence-corrected chi connectivity index (χ0v) is 9.71. The van der Waals surface area contributed by atoms with E-state index in [1.165, 1.54) is 6.07 Å². The molecule has 2 aliphatic rings. The zero-order valence-electron chi connectivity index (χ0n) is 9.71. The number of nitrogens with zero attached hydrogens (tertiary/aromatic N) is 1. The molecule has 18 heavy (non-hydrogen) atoms. The molecule has 0 spiro atoms. The Morgan fingerprint density at radius 2 is 1.89 bits per heavy atom. The number of carbonyl (C=O) groups is 3. The van der Waals surface area contributed by atoms with Crippen molar-refractivity contribution >= 4 is 23.5 Å². The van der Waals surface area contributed by atoms with Crippen LogP contribution < -0.4 is 4.90 Å². The third-order valence-corrected chi connectivity index (χ3v) is 3.64. The number of piperidine rings is 1. The fraction of sp³-hybridized carbons (Fsp3) is 0.308. The molecule has 1 aromatic carbocycles. The minimum absolute atomic E-state index is 0.119. The molecule has 0 bridgehead atoms. The molecule has 0 radical (unpaired) electrons. The van der Waals surface area contributed by atoms with Crippen LogP contribution in [0.5, 0.6) is 0 Å². The van der Waals surface area contributed by atoms with Crippen LogP contribution in [0.15, 0.2) is 18.2 Å². The number of amides is 2. The van der Waals surface area contributed by atoms with Crippen LogP contribution in [-0.4, -0.2) is 22.9 Å². The zero-order chi connectivity index (χ0) is 13.0. The summed E-state index contributed by atoms with van der Waals surface area (Å²) in [7, 11) is 0. The van der Waals surface area contributed by atoms with E-state index in [2.05, 4.69) is 0 Å². The molecular formula is C13H11NO4. The molecule has 5 nitrogen and oxygen atoms in total. The lowest BCUT2D eigenvalue weighted by atomic mass is 10.1. The largest absolute Gasteiger partial charge is 0.478 e. The van der Waals surface area contributed by atoms with E-state index < -0.39 is 5.97 Å². The molecule has 1 N–H and O–H groups in total. The van der Waals surface area contributed by atoms with Crippen molar-refractivity contribution in [3.05, 3.63) is 29.3 Å². The van der Waals surface area contributed by atoms with Crippen molar-refractivity contribution in [3.63, 3.8) is 0 Å². The van der Waals surface area contributed by atoms with Gasteiger partial charge in [0.05, 0.1) is 23.1 Å². The smallest absolute Gasteiger partial charge is 0.336 e. The highest BCUT2D eigenvalue weighted by Crippen LogP contribution is 2.48. The first-order valence-corrected chi connectivity index (χ1v) is 5.73. The van der Waals surface area contributed by atoms with Crippen molar-refractivity contribution in [1.29, 1.82) is 0 Å². The van der Waals surface area contributed by atoms with E-state index >= 15 is 0 Å². The molecule has 2 amide bonds. The third kappa shape index (κ3) is 1.30. The maximum Gasteiger partial charge on any atom is 0.336 e. The number of fused-ring (bicyclic) bond motifs is 1. The second-order valence-electron chi connectivity index (χ2n) is 4.72. The van der Waals surface area contributed by atoms with Gasteiger partial charge in [-0.15, -0.1) is 0 Å². The highest BCUT2D eigenvalue weighted by atomic mass is 16.4. The molecule has 2 atom stereocenters. The maximum absolute atomic E-state index is 11.9. The van der Waals surface area contributed by atoms with Crippen LogP contribution in [-0.2, 0) is 9.59 Å². The number of carbonyl (C=O) groups excluding carboxylic acids is 2. The van der Waals surface area contributed by atoms with Gasteiger partial charge in [0.1, 0.15) is 0 Å². The van der Waals surface area contributed by atoms with Crippen LogP contribution in [0, 0.1) is 18.8 Å². The molecule has 1 saturated carbocycles. The molecule has 1 aliphatic heterocycles. The first-order chi connectivity index (χ1) is 8.52. The van der Waals surface area contributed by atoms with Crippen LogP contribution in [0.4, 0.5) is 5.69 Å². The molecule has 1 aromatic rings. The summed E-state index contributed by atoms with van der Waals surface area (Å²) in [6, 6.07) is 4.63. The standard InChI is InChI=1S/C13H11NO4/c1-6-7(13(17)18)3-2-4-10(6)14-11(15)8-5-9(8)12(14)16/h2-4,8-9H,5H2,1H3,(H,17,18). The first-order valence-electron chi connectivity index (χ1n) is 5.73. The van der Waals surface area contributed by atoms with E-state index in [-0.39, 0.29) is 29.2 Å². The average molecular weight is 245 g/mol. The van der Waals surface area contributed by atoms with Crippen LogP contribution in [0.25, 0.3) is 0 Å². The van der Waals surface area contributed by atoms with Crippen molar-refractivity contribution in [3.8, 4) is 0 Å². The molecule has 5 heteroatoms. The van der Waals surface area contributed by atoms with Gasteiger partial charge in [-0.1, -0.05) is 6.07 Å². The van der Waals surface area contributed by atoms with E-state index in [1.54, 1.807) is 19.1 Å². The molecule has 3 rings (SSSR count). The highest BCUT2D eigenvalue weighted by Gasteiger charge is 2.59. The number of hydrogen-bond donors (Lipinski definition) is 1. The fourth-order valence-corrected chi connectivity index (χ4v) is 2.52. The number of rotatable bonds is 2. The van der Waals surface area contributed by atoms with E-state index in [1.807, 2.05) is 0 Å². The number of hydrogen-bond acceptors (Lipinski definition) is 3. The molecule has 1 aliphatic carbocycles. The second-order valence-corrected chi connectivity index (χ2v) is 4.72. The molecule has 2 unspecified atom stereocenters. The van der Waals surface area contributed by atoms with Gasteiger partial charge >= 0.3 is 5.97 Å². The minimum Gasteiger partial charge on any atom is -0.478 e. The predicted octanol–water partition coefficient (Wildman–Crippen LogP) is 1.20. The third-order valence-electron chi connectivity index (χ3n) is 3.64. The Hall–Kier alpha value is -2.17. The molecule has 2 fully saturated rings. The van der Waals surface area contributed by atoms with Gasteiger partial charge in [0.2, 0.25) is 11.8 Å². The van der Waals surface area contributed by atoms with E-state index in [4.69, 9.17) is 5.11 Å². The monoisotopic (exact) mass is 245 g/mol. The van der Waals surface area contributed by atoms with Crippen LogP contribution in [0.2, 0.25) is 0 Å². The molecular weight excluding hydrogens is 234 g/mol. The lowest BCUT2D eigenvalue weighted by molar-refractivity contribution is -0.123. The van der Waals surface area contributed by atoms with Gasteiger partial charge in [0.15, 0.2) is 0 Å². The van der Waals surface area contributed by atoms with E-state index in [0.717, 1.165) is 4.90 Å². The normalized spacial score (nSPS) is 25.3. The number of aromatic carboxylic acids is 1. The molecule has 1 heterocycles. The van der Waals surface area contributed by atoms with Gasteiger partial charge in [-0.2, -0.15) is 0 Å². The number of imide groups is 1. The summed E-state index contributed by atoms with van der Waals surface area (Å²) in [6.07, 6.45) is 0.645. The number of benzene rings is 1. The summed E-state index contributed by atoms with van der Waals surface area (Å²) in [5.41, 5.74) is 0.971. The van der Waals surface area contributed by atoms with E-state index in [0.29, 0.717) is 17.7 Å². The highest BCUT2D eigenvalue weighted by molar-refractivity contribution is 6.25. The van der Waals surface area contributed by atoms with Gasteiger partial charge < -0.3 is 5.11 Å². The van der Waals surface area contributed by atoms with Gasteiger partial charge in [-0.3, -0.25) is 9.59 Å². The molecule has 92 valence electrons.